The zero-order chi connectivity index (χ0) is 14.7. The highest BCUT2D eigenvalue weighted by Gasteiger charge is 2.35. The van der Waals surface area contributed by atoms with Gasteiger partial charge >= 0.3 is 0 Å². The number of piperidine rings is 1. The third-order valence-electron chi connectivity index (χ3n) is 3.54. The second-order valence-electron chi connectivity index (χ2n) is 4.89. The van der Waals surface area contributed by atoms with Gasteiger partial charge in [-0.25, -0.2) is 0 Å². The normalized spacial score (nSPS) is 18.8. The molecule has 1 saturated heterocycles. The van der Waals surface area contributed by atoms with E-state index < -0.39 is 5.92 Å². The number of hydrogen-bond donors (Lipinski definition) is 0. The van der Waals surface area contributed by atoms with Crippen LogP contribution in [0.15, 0.2) is 22.7 Å². The van der Waals surface area contributed by atoms with Crippen LogP contribution in [0.1, 0.15) is 24.8 Å². The Morgan fingerprint density at radius 2 is 2.30 bits per heavy atom. The van der Waals surface area contributed by atoms with Crippen LogP contribution in [0.25, 0.3) is 0 Å². The van der Waals surface area contributed by atoms with E-state index in [0.717, 1.165) is 22.1 Å². The lowest BCUT2D eigenvalue weighted by atomic mass is 9.91. The zero-order valence-corrected chi connectivity index (χ0v) is 12.8. The van der Waals surface area contributed by atoms with Crippen LogP contribution in [0.2, 0.25) is 0 Å². The van der Waals surface area contributed by atoms with Crippen LogP contribution in [0, 0.1) is 24.2 Å². The molecule has 1 atom stereocenters. The fraction of sp³-hybridized carbons (Fsp3) is 0.400. The lowest BCUT2D eigenvalue weighted by Gasteiger charge is -2.32. The van der Waals surface area contributed by atoms with Crippen molar-refractivity contribution >= 4 is 33.3 Å². The van der Waals surface area contributed by atoms with Crippen LogP contribution in [0.5, 0.6) is 0 Å². The average molecular weight is 335 g/mol. The summed E-state index contributed by atoms with van der Waals surface area (Å²) in [6.07, 6.45) is 1.12. The first-order chi connectivity index (χ1) is 9.56. The molecule has 0 bridgehead atoms. The van der Waals surface area contributed by atoms with Crippen LogP contribution >= 0.6 is 15.9 Å². The number of ketones is 1. The Morgan fingerprint density at radius 3 is 3.00 bits per heavy atom. The maximum absolute atomic E-state index is 12.5. The van der Waals surface area contributed by atoms with Gasteiger partial charge in [0.05, 0.1) is 24.1 Å². The van der Waals surface area contributed by atoms with Gasteiger partial charge in [-0.05, 0) is 47.3 Å². The largest absolute Gasteiger partial charge is 0.311 e. The molecular weight excluding hydrogens is 320 g/mol. The van der Waals surface area contributed by atoms with Crippen molar-refractivity contribution in [3.05, 3.63) is 28.2 Å². The molecule has 1 aromatic rings. The number of anilines is 1. The maximum Gasteiger partial charge on any atom is 0.237 e. The lowest BCUT2D eigenvalue weighted by molar-refractivity contribution is -0.133. The summed E-state index contributed by atoms with van der Waals surface area (Å²) in [5, 5.41) is 8.61. The number of amides is 1. The molecule has 0 N–H and O–H groups in total. The van der Waals surface area contributed by atoms with Gasteiger partial charge in [-0.2, -0.15) is 5.26 Å². The molecular formula is C15H15BrN2O2. The predicted molar refractivity (Wildman–Crippen MR) is 79.2 cm³/mol. The maximum atomic E-state index is 12.5. The van der Waals surface area contributed by atoms with E-state index in [-0.39, 0.29) is 18.1 Å². The van der Waals surface area contributed by atoms with E-state index in [1.54, 1.807) is 4.90 Å². The zero-order valence-electron chi connectivity index (χ0n) is 11.2. The van der Waals surface area contributed by atoms with Gasteiger partial charge in [-0.1, -0.05) is 12.1 Å². The molecule has 1 heterocycles. The van der Waals surface area contributed by atoms with Crippen molar-refractivity contribution in [1.29, 1.82) is 5.26 Å². The molecule has 0 aromatic heterocycles. The van der Waals surface area contributed by atoms with Crippen molar-refractivity contribution in [2.75, 3.05) is 11.4 Å². The third kappa shape index (κ3) is 2.75. The molecule has 1 aliphatic heterocycles. The van der Waals surface area contributed by atoms with Crippen LogP contribution in [0.3, 0.4) is 0 Å². The van der Waals surface area contributed by atoms with Crippen LogP contribution in [-0.2, 0) is 9.59 Å². The number of hydrogen-bond acceptors (Lipinski definition) is 3. The molecule has 0 unspecified atom stereocenters. The monoisotopic (exact) mass is 334 g/mol. The van der Waals surface area contributed by atoms with Crippen molar-refractivity contribution < 1.29 is 9.59 Å². The summed E-state index contributed by atoms with van der Waals surface area (Å²) < 4.78 is 0.877. The van der Waals surface area contributed by atoms with Gasteiger partial charge in [0.2, 0.25) is 5.91 Å². The molecule has 0 saturated carbocycles. The van der Waals surface area contributed by atoms with Gasteiger partial charge in [0.15, 0.2) is 5.78 Å². The van der Waals surface area contributed by atoms with E-state index in [4.69, 9.17) is 5.26 Å². The molecule has 20 heavy (non-hydrogen) atoms. The first kappa shape index (κ1) is 14.7. The van der Waals surface area contributed by atoms with Gasteiger partial charge in [-0.15, -0.1) is 0 Å². The standard InChI is InChI=1S/C15H15BrN2O2/c1-10-4-2-6-12(14(10)16)18-9-3-5-11(15(18)20)13(19)7-8-17/h2,4,6,11H,3,5,7,9H2,1H3/t11-/m1/s1. The molecule has 1 aromatic carbocycles. The first-order valence-electron chi connectivity index (χ1n) is 6.52. The topological polar surface area (TPSA) is 61.2 Å². The number of benzene rings is 1. The van der Waals surface area contributed by atoms with Crippen LogP contribution < -0.4 is 4.90 Å². The van der Waals surface area contributed by atoms with Crippen molar-refractivity contribution in [2.24, 2.45) is 5.92 Å². The number of aryl methyl sites for hydroxylation is 1. The quantitative estimate of drug-likeness (QED) is 0.798. The summed E-state index contributed by atoms with van der Waals surface area (Å²) >= 11 is 3.50. The molecule has 104 valence electrons. The minimum absolute atomic E-state index is 0.192. The number of nitriles is 1. The molecule has 2 rings (SSSR count). The van der Waals surface area contributed by atoms with Crippen molar-refractivity contribution in [3.63, 3.8) is 0 Å². The number of rotatable bonds is 3. The molecule has 5 heteroatoms. The number of Topliss-reactive ketones (excluding diaryl/α,β-unsaturated/α-hetero) is 1. The summed E-state index contributed by atoms with van der Waals surface area (Å²) in [5.41, 5.74) is 1.84. The highest BCUT2D eigenvalue weighted by atomic mass is 79.9. The van der Waals surface area contributed by atoms with Crippen LogP contribution in [0.4, 0.5) is 5.69 Å². The van der Waals surface area contributed by atoms with E-state index >= 15 is 0 Å². The average Bonchev–Trinajstić information content (AvgIpc) is 2.43. The van der Waals surface area contributed by atoms with E-state index in [9.17, 15) is 9.59 Å². The lowest BCUT2D eigenvalue weighted by Crippen LogP contribution is -2.44. The van der Waals surface area contributed by atoms with E-state index in [1.165, 1.54) is 0 Å². The highest BCUT2D eigenvalue weighted by Crippen LogP contribution is 2.33. The third-order valence-corrected chi connectivity index (χ3v) is 4.57. The summed E-state index contributed by atoms with van der Waals surface area (Å²) in [4.78, 5) is 26.0. The number of carbonyl (C=O) groups excluding carboxylic acids is 2. The number of halogens is 1. The Kier molecular flexibility index (Phi) is 4.56. The fourth-order valence-corrected chi connectivity index (χ4v) is 2.93. The van der Waals surface area contributed by atoms with Crippen molar-refractivity contribution in [1.82, 2.24) is 0 Å². The smallest absolute Gasteiger partial charge is 0.237 e. The number of nitrogens with zero attached hydrogens (tertiary/aromatic N) is 2. The van der Waals surface area contributed by atoms with E-state index in [0.29, 0.717) is 13.0 Å². The highest BCUT2D eigenvalue weighted by molar-refractivity contribution is 9.10. The fourth-order valence-electron chi connectivity index (χ4n) is 2.45. The summed E-state index contributed by atoms with van der Waals surface area (Å²) in [6, 6.07) is 7.55. The second-order valence-corrected chi connectivity index (χ2v) is 5.69. The first-order valence-corrected chi connectivity index (χ1v) is 7.31. The molecule has 1 amide bonds. The van der Waals surface area contributed by atoms with Crippen LogP contribution in [-0.4, -0.2) is 18.2 Å². The molecule has 0 aliphatic carbocycles. The SMILES string of the molecule is Cc1cccc(N2CCC[C@H](C(=O)CC#N)C2=O)c1Br. The molecule has 0 radical (unpaired) electrons. The van der Waals surface area contributed by atoms with Gasteiger partial charge < -0.3 is 4.90 Å². The minimum Gasteiger partial charge on any atom is -0.311 e. The molecule has 4 nitrogen and oxygen atoms in total. The summed E-state index contributed by atoms with van der Waals surface area (Å²) in [6.45, 7) is 2.57. The Bertz CT molecular complexity index is 592. The Labute approximate surface area is 126 Å². The second kappa shape index (κ2) is 6.19. The summed E-state index contributed by atoms with van der Waals surface area (Å²) in [5.74, 6) is -1.13. The van der Waals surface area contributed by atoms with E-state index in [1.807, 2.05) is 31.2 Å². The Morgan fingerprint density at radius 1 is 1.55 bits per heavy atom. The van der Waals surface area contributed by atoms with Gasteiger partial charge in [-0.3, -0.25) is 9.59 Å². The van der Waals surface area contributed by atoms with Crippen molar-refractivity contribution in [3.8, 4) is 6.07 Å². The van der Waals surface area contributed by atoms with Gasteiger partial charge in [0.25, 0.3) is 0 Å². The van der Waals surface area contributed by atoms with E-state index in [2.05, 4.69) is 15.9 Å². The number of carbonyl (C=O) groups is 2. The Balaban J connectivity index is 2.29. The van der Waals surface area contributed by atoms with Crippen molar-refractivity contribution in [2.45, 2.75) is 26.2 Å². The van der Waals surface area contributed by atoms with Gasteiger partial charge in [0.1, 0.15) is 0 Å². The summed E-state index contributed by atoms with van der Waals surface area (Å²) in [7, 11) is 0. The molecule has 0 spiro atoms. The minimum atomic E-state index is -0.671. The molecule has 1 fully saturated rings. The molecule has 1 aliphatic rings. The van der Waals surface area contributed by atoms with Gasteiger partial charge in [0, 0.05) is 11.0 Å². The predicted octanol–water partition coefficient (Wildman–Crippen LogP) is 2.98. The Hall–Kier alpha value is -1.67.